The number of H-pyrrole nitrogens is 1. The standard InChI is InChI=1S/C12H10N4S/c1-2-4-11-10(3-1)14-12(15-11)16-13-7-9-5-6-17-8-9/h1-8H,(H2,14,15,16)/b13-7+. The molecule has 2 N–H and O–H groups in total. The van der Waals surface area contributed by atoms with E-state index in [-0.39, 0.29) is 0 Å². The van der Waals surface area contributed by atoms with Gasteiger partial charge in [-0.2, -0.15) is 16.4 Å². The maximum atomic E-state index is 4.35. The number of anilines is 1. The molecule has 84 valence electrons. The number of rotatable bonds is 3. The Hall–Kier alpha value is -2.14. The van der Waals surface area contributed by atoms with Crippen molar-refractivity contribution in [2.24, 2.45) is 5.10 Å². The SMILES string of the molecule is C(=N\Nc1nc2ccccc2[nH]1)/c1ccsc1. The molecule has 4 nitrogen and oxygen atoms in total. The van der Waals surface area contributed by atoms with Gasteiger partial charge in [-0.25, -0.2) is 10.4 Å². The van der Waals surface area contributed by atoms with Gasteiger partial charge in [-0.1, -0.05) is 12.1 Å². The minimum Gasteiger partial charge on any atom is -0.323 e. The number of aromatic amines is 1. The Kier molecular flexibility index (Phi) is 2.59. The third-order valence-corrected chi connectivity index (χ3v) is 3.02. The van der Waals surface area contributed by atoms with Crippen molar-refractivity contribution in [2.45, 2.75) is 0 Å². The molecule has 0 atom stereocenters. The van der Waals surface area contributed by atoms with Crippen molar-refractivity contribution >= 4 is 34.5 Å². The third kappa shape index (κ3) is 2.19. The van der Waals surface area contributed by atoms with Crippen LogP contribution in [0.5, 0.6) is 0 Å². The number of imidazole rings is 1. The molecule has 0 saturated heterocycles. The van der Waals surface area contributed by atoms with Crippen LogP contribution in [0, 0.1) is 0 Å². The maximum Gasteiger partial charge on any atom is 0.222 e. The summed E-state index contributed by atoms with van der Waals surface area (Å²) in [5, 5.41) is 8.17. The Morgan fingerprint density at radius 3 is 3.06 bits per heavy atom. The molecule has 5 heteroatoms. The molecule has 3 rings (SSSR count). The normalized spacial score (nSPS) is 11.3. The summed E-state index contributed by atoms with van der Waals surface area (Å²) in [6, 6.07) is 9.88. The Morgan fingerprint density at radius 1 is 1.29 bits per heavy atom. The van der Waals surface area contributed by atoms with Gasteiger partial charge in [0.25, 0.3) is 0 Å². The minimum absolute atomic E-state index is 0.651. The van der Waals surface area contributed by atoms with Crippen molar-refractivity contribution in [3.63, 3.8) is 0 Å². The van der Waals surface area contributed by atoms with E-state index in [0.717, 1.165) is 16.6 Å². The molecule has 2 aromatic heterocycles. The van der Waals surface area contributed by atoms with Gasteiger partial charge in [0.15, 0.2) is 0 Å². The van der Waals surface area contributed by atoms with Crippen molar-refractivity contribution in [2.75, 3.05) is 5.43 Å². The second kappa shape index (κ2) is 4.39. The number of hydrazone groups is 1. The third-order valence-electron chi connectivity index (χ3n) is 2.32. The highest BCUT2D eigenvalue weighted by Gasteiger charge is 1.99. The number of nitrogens with zero attached hydrogens (tertiary/aromatic N) is 2. The Labute approximate surface area is 102 Å². The van der Waals surface area contributed by atoms with Gasteiger partial charge in [0.1, 0.15) is 0 Å². The largest absolute Gasteiger partial charge is 0.323 e. The van der Waals surface area contributed by atoms with Crippen LogP contribution in [-0.2, 0) is 0 Å². The molecule has 0 aliphatic carbocycles. The number of nitrogens with one attached hydrogen (secondary N) is 2. The van der Waals surface area contributed by atoms with Crippen molar-refractivity contribution in [1.82, 2.24) is 9.97 Å². The van der Waals surface area contributed by atoms with E-state index in [4.69, 9.17) is 0 Å². The van der Waals surface area contributed by atoms with Crippen LogP contribution in [0.4, 0.5) is 5.95 Å². The van der Waals surface area contributed by atoms with Gasteiger partial charge in [0, 0.05) is 5.56 Å². The molecular formula is C12H10N4S. The molecule has 0 bridgehead atoms. The molecule has 1 aromatic carbocycles. The second-order valence-corrected chi connectivity index (χ2v) is 4.31. The predicted octanol–water partition coefficient (Wildman–Crippen LogP) is 3.07. The average molecular weight is 242 g/mol. The molecule has 0 fully saturated rings. The fourth-order valence-electron chi connectivity index (χ4n) is 1.52. The summed E-state index contributed by atoms with van der Waals surface area (Å²) in [5.41, 5.74) is 5.89. The minimum atomic E-state index is 0.651. The van der Waals surface area contributed by atoms with E-state index in [2.05, 4.69) is 20.5 Å². The molecule has 0 spiro atoms. The molecule has 2 heterocycles. The molecule has 0 radical (unpaired) electrons. The lowest BCUT2D eigenvalue weighted by Gasteiger charge is -1.91. The fraction of sp³-hybridized carbons (Fsp3) is 0. The maximum absolute atomic E-state index is 4.35. The van der Waals surface area contributed by atoms with Crippen molar-refractivity contribution in [3.05, 3.63) is 46.7 Å². The van der Waals surface area contributed by atoms with E-state index in [0.29, 0.717) is 5.95 Å². The highest BCUT2D eigenvalue weighted by molar-refractivity contribution is 7.08. The smallest absolute Gasteiger partial charge is 0.222 e. The summed E-state index contributed by atoms with van der Waals surface area (Å²) < 4.78 is 0. The summed E-state index contributed by atoms with van der Waals surface area (Å²) in [7, 11) is 0. The number of hydrogen-bond donors (Lipinski definition) is 2. The summed E-state index contributed by atoms with van der Waals surface area (Å²) in [4.78, 5) is 7.50. The van der Waals surface area contributed by atoms with Gasteiger partial charge in [-0.15, -0.1) is 0 Å². The van der Waals surface area contributed by atoms with Gasteiger partial charge in [0.05, 0.1) is 17.2 Å². The summed E-state index contributed by atoms with van der Waals surface area (Å²) in [6.07, 6.45) is 1.77. The summed E-state index contributed by atoms with van der Waals surface area (Å²) in [6.45, 7) is 0. The van der Waals surface area contributed by atoms with Gasteiger partial charge < -0.3 is 4.98 Å². The molecule has 0 aliphatic rings. The lowest BCUT2D eigenvalue weighted by molar-refractivity contribution is 1.22. The van der Waals surface area contributed by atoms with E-state index in [1.165, 1.54) is 0 Å². The van der Waals surface area contributed by atoms with Crippen LogP contribution in [-0.4, -0.2) is 16.2 Å². The van der Waals surface area contributed by atoms with Crippen LogP contribution in [0.2, 0.25) is 0 Å². The fourth-order valence-corrected chi connectivity index (χ4v) is 2.13. The van der Waals surface area contributed by atoms with E-state index >= 15 is 0 Å². The van der Waals surface area contributed by atoms with E-state index in [9.17, 15) is 0 Å². The number of thiophene rings is 1. The number of aromatic nitrogens is 2. The Morgan fingerprint density at radius 2 is 2.24 bits per heavy atom. The molecule has 17 heavy (non-hydrogen) atoms. The lowest BCUT2D eigenvalue weighted by atomic mass is 10.3. The van der Waals surface area contributed by atoms with Crippen LogP contribution < -0.4 is 5.43 Å². The first-order valence-corrected chi connectivity index (χ1v) is 6.12. The molecule has 3 aromatic rings. The van der Waals surface area contributed by atoms with Crippen molar-refractivity contribution < 1.29 is 0 Å². The van der Waals surface area contributed by atoms with Gasteiger partial charge >= 0.3 is 0 Å². The average Bonchev–Trinajstić information content (AvgIpc) is 2.96. The molecule has 0 aliphatic heterocycles. The number of benzene rings is 1. The highest BCUT2D eigenvalue weighted by atomic mass is 32.1. The van der Waals surface area contributed by atoms with Crippen molar-refractivity contribution in [1.29, 1.82) is 0 Å². The van der Waals surface area contributed by atoms with Gasteiger partial charge in [0.2, 0.25) is 5.95 Å². The van der Waals surface area contributed by atoms with E-state index in [1.54, 1.807) is 17.6 Å². The molecule has 0 unspecified atom stereocenters. The second-order valence-electron chi connectivity index (χ2n) is 3.53. The topological polar surface area (TPSA) is 53.1 Å². The number of fused-ring (bicyclic) bond motifs is 1. The predicted molar refractivity (Wildman–Crippen MR) is 71.6 cm³/mol. The van der Waals surface area contributed by atoms with Crippen LogP contribution in [0.1, 0.15) is 5.56 Å². The molecular weight excluding hydrogens is 232 g/mol. The zero-order valence-corrected chi connectivity index (χ0v) is 9.74. The summed E-state index contributed by atoms with van der Waals surface area (Å²) >= 11 is 1.65. The highest BCUT2D eigenvalue weighted by Crippen LogP contribution is 2.13. The Bertz CT molecular complexity index is 606. The molecule has 0 amide bonds. The monoisotopic (exact) mass is 242 g/mol. The first-order valence-electron chi connectivity index (χ1n) is 5.18. The first-order chi connectivity index (χ1) is 8.42. The summed E-state index contributed by atoms with van der Waals surface area (Å²) in [5.74, 6) is 0.651. The quantitative estimate of drug-likeness (QED) is 0.548. The van der Waals surface area contributed by atoms with Crippen molar-refractivity contribution in [3.8, 4) is 0 Å². The van der Waals surface area contributed by atoms with Crippen LogP contribution in [0.3, 0.4) is 0 Å². The van der Waals surface area contributed by atoms with Crippen LogP contribution in [0.25, 0.3) is 11.0 Å². The molecule has 0 saturated carbocycles. The van der Waals surface area contributed by atoms with E-state index < -0.39 is 0 Å². The number of hydrogen-bond acceptors (Lipinski definition) is 4. The van der Waals surface area contributed by atoms with Gasteiger partial charge in [-0.05, 0) is 29.0 Å². The zero-order valence-electron chi connectivity index (χ0n) is 8.92. The van der Waals surface area contributed by atoms with Gasteiger partial charge in [-0.3, -0.25) is 0 Å². The first kappa shape index (κ1) is 10.0. The van der Waals surface area contributed by atoms with E-state index in [1.807, 2.05) is 41.1 Å². The van der Waals surface area contributed by atoms with Crippen LogP contribution in [0.15, 0.2) is 46.2 Å². The zero-order chi connectivity index (χ0) is 11.5. The number of para-hydroxylation sites is 2. The Balaban J connectivity index is 1.77. The lowest BCUT2D eigenvalue weighted by Crippen LogP contribution is -1.91. The van der Waals surface area contributed by atoms with Crippen LogP contribution >= 0.6 is 11.3 Å².